The summed E-state index contributed by atoms with van der Waals surface area (Å²) < 4.78 is 0. The van der Waals surface area contributed by atoms with Crippen LogP contribution >= 0.6 is 0 Å². The lowest BCUT2D eigenvalue weighted by Gasteiger charge is -2.16. The molecule has 0 fully saturated rings. The molecule has 0 aliphatic rings. The lowest BCUT2D eigenvalue weighted by Crippen LogP contribution is -2.02. The van der Waals surface area contributed by atoms with Crippen LogP contribution in [-0.4, -0.2) is 4.98 Å². The van der Waals surface area contributed by atoms with Gasteiger partial charge in [0, 0.05) is 11.4 Å². The fraction of sp³-hybridized carbons (Fsp3) is 0.294. The number of rotatable bonds is 2. The van der Waals surface area contributed by atoms with Gasteiger partial charge in [-0.3, -0.25) is 4.98 Å². The van der Waals surface area contributed by atoms with Crippen molar-refractivity contribution in [1.29, 1.82) is 5.26 Å². The largest absolute Gasteiger partial charge is 0.354 e. The van der Waals surface area contributed by atoms with Crippen molar-refractivity contribution in [3.63, 3.8) is 0 Å². The van der Waals surface area contributed by atoms with Crippen molar-refractivity contribution in [2.75, 3.05) is 5.32 Å². The highest BCUT2D eigenvalue weighted by molar-refractivity contribution is 5.72. The third-order valence-electron chi connectivity index (χ3n) is 3.38. The Labute approximate surface area is 120 Å². The number of aryl methyl sites for hydroxylation is 5. The number of nitrogens with one attached hydrogen (secondary N) is 1. The van der Waals surface area contributed by atoms with E-state index < -0.39 is 0 Å². The second-order valence-electron chi connectivity index (χ2n) is 5.28. The molecule has 20 heavy (non-hydrogen) atoms. The van der Waals surface area contributed by atoms with E-state index in [9.17, 15) is 5.26 Å². The Kier molecular flexibility index (Phi) is 3.76. The van der Waals surface area contributed by atoms with Gasteiger partial charge in [0.05, 0.1) is 16.9 Å². The summed E-state index contributed by atoms with van der Waals surface area (Å²) in [7, 11) is 0. The van der Waals surface area contributed by atoms with Crippen LogP contribution in [0.1, 0.15) is 33.6 Å². The first-order valence-electron chi connectivity index (χ1n) is 6.65. The lowest BCUT2D eigenvalue weighted by atomic mass is 10.0. The highest BCUT2D eigenvalue weighted by atomic mass is 14.9. The topological polar surface area (TPSA) is 48.7 Å². The predicted octanol–water partition coefficient (Wildman–Crippen LogP) is 4.24. The van der Waals surface area contributed by atoms with Gasteiger partial charge in [-0.15, -0.1) is 0 Å². The number of benzene rings is 1. The maximum Gasteiger partial charge on any atom is 0.103 e. The van der Waals surface area contributed by atoms with Crippen molar-refractivity contribution in [2.45, 2.75) is 34.6 Å². The maximum atomic E-state index is 9.32. The minimum atomic E-state index is 0.606. The van der Waals surface area contributed by atoms with E-state index in [2.05, 4.69) is 49.3 Å². The van der Waals surface area contributed by atoms with Crippen LogP contribution in [0.4, 0.5) is 11.4 Å². The van der Waals surface area contributed by atoms with Gasteiger partial charge in [-0.1, -0.05) is 17.7 Å². The molecular weight excluding hydrogens is 246 g/mol. The molecule has 2 rings (SSSR count). The summed E-state index contributed by atoms with van der Waals surface area (Å²) in [5.41, 5.74) is 7.77. The van der Waals surface area contributed by atoms with Gasteiger partial charge in [0.15, 0.2) is 0 Å². The average molecular weight is 265 g/mol. The van der Waals surface area contributed by atoms with Crippen molar-refractivity contribution in [1.82, 2.24) is 4.98 Å². The van der Waals surface area contributed by atoms with Gasteiger partial charge in [-0.25, -0.2) is 0 Å². The highest BCUT2D eigenvalue weighted by Crippen LogP contribution is 2.28. The van der Waals surface area contributed by atoms with Gasteiger partial charge in [0.25, 0.3) is 0 Å². The van der Waals surface area contributed by atoms with Crippen molar-refractivity contribution >= 4 is 11.4 Å². The summed E-state index contributed by atoms with van der Waals surface area (Å²) in [5, 5.41) is 12.7. The Morgan fingerprint density at radius 3 is 2.15 bits per heavy atom. The number of hydrogen-bond donors (Lipinski definition) is 1. The summed E-state index contributed by atoms with van der Waals surface area (Å²) >= 11 is 0. The van der Waals surface area contributed by atoms with E-state index in [4.69, 9.17) is 0 Å². The SMILES string of the molecule is Cc1cc(C)c(Nc2cc(C)nc(C)c2C#N)c(C)c1. The van der Waals surface area contributed by atoms with Crippen LogP contribution in [0.15, 0.2) is 18.2 Å². The quantitative estimate of drug-likeness (QED) is 0.883. The molecule has 0 spiro atoms. The zero-order valence-corrected chi connectivity index (χ0v) is 12.6. The molecule has 0 atom stereocenters. The Morgan fingerprint density at radius 2 is 1.60 bits per heavy atom. The molecule has 3 nitrogen and oxygen atoms in total. The molecule has 0 unspecified atom stereocenters. The van der Waals surface area contributed by atoms with Crippen LogP contribution in [0.3, 0.4) is 0 Å². The van der Waals surface area contributed by atoms with Crippen LogP contribution in [0.5, 0.6) is 0 Å². The molecule has 0 amide bonds. The van der Waals surface area contributed by atoms with Crippen LogP contribution in [0.25, 0.3) is 0 Å². The third-order valence-corrected chi connectivity index (χ3v) is 3.38. The van der Waals surface area contributed by atoms with Crippen molar-refractivity contribution in [3.05, 3.63) is 51.8 Å². The summed E-state index contributed by atoms with van der Waals surface area (Å²) in [6, 6.07) is 8.44. The number of nitrogens with zero attached hydrogens (tertiary/aromatic N) is 2. The first-order chi connectivity index (χ1) is 9.42. The number of anilines is 2. The van der Waals surface area contributed by atoms with E-state index in [0.29, 0.717) is 5.56 Å². The van der Waals surface area contributed by atoms with Gasteiger partial charge in [0.2, 0.25) is 0 Å². The Hall–Kier alpha value is -2.34. The second-order valence-corrected chi connectivity index (χ2v) is 5.28. The highest BCUT2D eigenvalue weighted by Gasteiger charge is 2.11. The molecule has 2 aromatic rings. The van der Waals surface area contributed by atoms with Gasteiger partial charge >= 0.3 is 0 Å². The van der Waals surface area contributed by atoms with E-state index in [1.54, 1.807) is 0 Å². The minimum absolute atomic E-state index is 0.606. The number of aromatic nitrogens is 1. The smallest absolute Gasteiger partial charge is 0.103 e. The van der Waals surface area contributed by atoms with Crippen LogP contribution in [0, 0.1) is 45.9 Å². The van der Waals surface area contributed by atoms with E-state index in [1.165, 1.54) is 16.7 Å². The van der Waals surface area contributed by atoms with Crippen molar-refractivity contribution in [3.8, 4) is 6.07 Å². The minimum Gasteiger partial charge on any atom is -0.354 e. The molecule has 0 aliphatic carbocycles. The van der Waals surface area contributed by atoms with E-state index in [0.717, 1.165) is 22.8 Å². The van der Waals surface area contributed by atoms with Gasteiger partial charge in [-0.2, -0.15) is 5.26 Å². The summed E-state index contributed by atoms with van der Waals surface area (Å²) in [6.45, 7) is 10.1. The molecule has 1 heterocycles. The lowest BCUT2D eigenvalue weighted by molar-refractivity contribution is 1.11. The molecule has 0 saturated heterocycles. The first kappa shape index (κ1) is 14.1. The van der Waals surface area contributed by atoms with E-state index >= 15 is 0 Å². The fourth-order valence-electron chi connectivity index (χ4n) is 2.58. The van der Waals surface area contributed by atoms with Crippen molar-refractivity contribution < 1.29 is 0 Å². The average Bonchev–Trinajstić information content (AvgIpc) is 2.33. The molecule has 1 aromatic carbocycles. The van der Waals surface area contributed by atoms with Crippen LogP contribution in [0.2, 0.25) is 0 Å². The monoisotopic (exact) mass is 265 g/mol. The number of nitriles is 1. The fourth-order valence-corrected chi connectivity index (χ4v) is 2.58. The number of pyridine rings is 1. The summed E-state index contributed by atoms with van der Waals surface area (Å²) in [5.74, 6) is 0. The summed E-state index contributed by atoms with van der Waals surface area (Å²) in [6.07, 6.45) is 0. The molecule has 0 saturated carbocycles. The molecule has 0 radical (unpaired) electrons. The van der Waals surface area contributed by atoms with Gasteiger partial charge in [0.1, 0.15) is 6.07 Å². The maximum absolute atomic E-state index is 9.32. The normalized spacial score (nSPS) is 10.2. The Balaban J connectivity index is 2.54. The van der Waals surface area contributed by atoms with E-state index in [1.807, 2.05) is 19.9 Å². The molecule has 1 aromatic heterocycles. The number of hydrogen-bond acceptors (Lipinski definition) is 3. The molecule has 1 N–H and O–H groups in total. The zero-order chi connectivity index (χ0) is 14.9. The van der Waals surface area contributed by atoms with Crippen LogP contribution in [-0.2, 0) is 0 Å². The summed E-state index contributed by atoms with van der Waals surface area (Å²) in [4.78, 5) is 4.34. The molecule has 0 bridgehead atoms. The van der Waals surface area contributed by atoms with Gasteiger partial charge in [-0.05, 0) is 51.8 Å². The van der Waals surface area contributed by atoms with Crippen LogP contribution < -0.4 is 5.32 Å². The molecule has 0 aliphatic heterocycles. The van der Waals surface area contributed by atoms with E-state index in [-0.39, 0.29) is 0 Å². The first-order valence-corrected chi connectivity index (χ1v) is 6.65. The Morgan fingerprint density at radius 1 is 1.00 bits per heavy atom. The second kappa shape index (κ2) is 5.34. The molecular formula is C17H19N3. The van der Waals surface area contributed by atoms with Gasteiger partial charge < -0.3 is 5.32 Å². The Bertz CT molecular complexity index is 686. The zero-order valence-electron chi connectivity index (χ0n) is 12.6. The standard InChI is InChI=1S/C17H19N3/c1-10-6-11(2)17(12(3)7-10)20-16-8-13(4)19-14(5)15(16)9-18/h6-8H,1-5H3,(H,19,20). The molecule has 3 heteroatoms. The third kappa shape index (κ3) is 2.65. The molecule has 102 valence electrons. The predicted molar refractivity (Wildman–Crippen MR) is 82.4 cm³/mol. The van der Waals surface area contributed by atoms with Crippen molar-refractivity contribution in [2.24, 2.45) is 0 Å².